The second-order valence-corrected chi connectivity index (χ2v) is 8.28. The average molecular weight is 427 g/mol. The molecule has 1 amide bonds. The van der Waals surface area contributed by atoms with Gasteiger partial charge in [0.25, 0.3) is 0 Å². The number of nitrogens with zero attached hydrogens (tertiary/aromatic N) is 1. The van der Waals surface area contributed by atoms with Gasteiger partial charge in [-0.05, 0) is 36.8 Å². The molecule has 0 spiro atoms. The van der Waals surface area contributed by atoms with E-state index in [-0.39, 0.29) is 12.1 Å². The van der Waals surface area contributed by atoms with E-state index in [9.17, 15) is 13.2 Å². The van der Waals surface area contributed by atoms with Crippen LogP contribution in [-0.2, 0) is 14.8 Å². The molecule has 0 aliphatic carbocycles. The molecule has 0 radical (unpaired) electrons. The van der Waals surface area contributed by atoms with Crippen molar-refractivity contribution in [1.29, 1.82) is 0 Å². The highest BCUT2D eigenvalue weighted by atomic mass is 35.5. The van der Waals surface area contributed by atoms with Crippen LogP contribution in [0.5, 0.6) is 11.5 Å². The molecule has 1 atom stereocenters. The molecule has 0 saturated carbocycles. The number of methoxy groups -OCH3 is 2. The Bertz CT molecular complexity index is 949. The molecule has 0 unspecified atom stereocenters. The Kier molecular flexibility index (Phi) is 7.15. The van der Waals surface area contributed by atoms with Crippen LogP contribution in [0, 0.1) is 0 Å². The number of hydrogen-bond donors (Lipinski definition) is 1. The van der Waals surface area contributed by atoms with Crippen LogP contribution in [0.25, 0.3) is 0 Å². The van der Waals surface area contributed by atoms with Gasteiger partial charge in [-0.2, -0.15) is 0 Å². The Hall–Kier alpha value is -2.45. The maximum absolute atomic E-state index is 13.0. The quantitative estimate of drug-likeness (QED) is 0.697. The first-order valence-corrected chi connectivity index (χ1v) is 10.7. The summed E-state index contributed by atoms with van der Waals surface area (Å²) in [4.78, 5) is 13.0. The summed E-state index contributed by atoms with van der Waals surface area (Å²) >= 11 is 6.07. The fraction of sp³-hybridized carbons (Fsp3) is 0.316. The maximum Gasteiger partial charge on any atom is 0.248 e. The van der Waals surface area contributed by atoms with E-state index in [1.807, 2.05) is 0 Å². The monoisotopic (exact) mass is 426 g/mol. The van der Waals surface area contributed by atoms with E-state index in [2.05, 4.69) is 5.32 Å². The summed E-state index contributed by atoms with van der Waals surface area (Å²) in [5.41, 5.74) is 0.638. The minimum Gasteiger partial charge on any atom is -0.495 e. The second-order valence-electron chi connectivity index (χ2n) is 5.99. The molecule has 9 heteroatoms. The number of nitrogens with one attached hydrogen (secondary N) is 1. The molecule has 0 heterocycles. The van der Waals surface area contributed by atoms with E-state index < -0.39 is 22.0 Å². The maximum atomic E-state index is 13.0. The van der Waals surface area contributed by atoms with Crippen LogP contribution in [0.15, 0.2) is 42.5 Å². The number of carbonyl (C=O) groups excluding carboxylic acids is 1. The van der Waals surface area contributed by atoms with Crippen molar-refractivity contribution >= 4 is 38.9 Å². The van der Waals surface area contributed by atoms with Gasteiger partial charge in [0.05, 0.1) is 31.9 Å². The zero-order chi connectivity index (χ0) is 20.9. The molecule has 0 aliphatic rings. The van der Waals surface area contributed by atoms with Crippen LogP contribution in [0.3, 0.4) is 0 Å². The van der Waals surface area contributed by atoms with Gasteiger partial charge in [-0.3, -0.25) is 9.10 Å². The van der Waals surface area contributed by atoms with Gasteiger partial charge in [-0.15, -0.1) is 0 Å². The van der Waals surface area contributed by atoms with Crippen molar-refractivity contribution < 1.29 is 22.7 Å². The van der Waals surface area contributed by atoms with Gasteiger partial charge in [0.15, 0.2) is 0 Å². The molecule has 2 aromatic rings. The normalized spacial score (nSPS) is 12.2. The Morgan fingerprint density at radius 2 is 1.79 bits per heavy atom. The van der Waals surface area contributed by atoms with Crippen molar-refractivity contribution in [2.75, 3.05) is 30.1 Å². The molecular formula is C19H23ClN2O5S. The van der Waals surface area contributed by atoms with Crippen molar-refractivity contribution in [3.05, 3.63) is 47.5 Å². The minimum atomic E-state index is -3.83. The number of amides is 1. The highest BCUT2D eigenvalue weighted by molar-refractivity contribution is 7.92. The summed E-state index contributed by atoms with van der Waals surface area (Å²) in [6.45, 7) is 1.72. The first-order chi connectivity index (χ1) is 13.2. The zero-order valence-electron chi connectivity index (χ0n) is 16.1. The Morgan fingerprint density at radius 3 is 2.36 bits per heavy atom. The summed E-state index contributed by atoms with van der Waals surface area (Å²) < 4.78 is 36.8. The lowest BCUT2D eigenvalue weighted by Crippen LogP contribution is -2.47. The molecule has 0 saturated heterocycles. The summed E-state index contributed by atoms with van der Waals surface area (Å²) in [6, 6.07) is 10.5. The molecule has 0 aliphatic heterocycles. The van der Waals surface area contributed by atoms with Gasteiger partial charge in [0, 0.05) is 5.02 Å². The number of halogens is 1. The standard InChI is InChI=1S/C19H23ClN2O5S/c1-5-15(19(23)21-14-8-6-7-9-17(14)26-2)22(28(4,24)25)16-12-13(20)10-11-18(16)27-3/h6-12,15H,5H2,1-4H3,(H,21,23)/t15-/m0/s1. The van der Waals surface area contributed by atoms with Gasteiger partial charge < -0.3 is 14.8 Å². The van der Waals surface area contributed by atoms with Crippen LogP contribution >= 0.6 is 11.6 Å². The summed E-state index contributed by atoms with van der Waals surface area (Å²) in [5.74, 6) is 0.259. The lowest BCUT2D eigenvalue weighted by molar-refractivity contribution is -0.117. The zero-order valence-corrected chi connectivity index (χ0v) is 17.7. The molecular weight excluding hydrogens is 404 g/mol. The smallest absolute Gasteiger partial charge is 0.248 e. The summed E-state index contributed by atoms with van der Waals surface area (Å²) in [6.07, 6.45) is 1.26. The highest BCUT2D eigenvalue weighted by Gasteiger charge is 2.34. The molecule has 2 aromatic carbocycles. The van der Waals surface area contributed by atoms with Crippen molar-refractivity contribution in [2.24, 2.45) is 0 Å². The molecule has 0 bridgehead atoms. The van der Waals surface area contributed by atoms with Gasteiger partial charge in [0.2, 0.25) is 15.9 Å². The average Bonchev–Trinajstić information content (AvgIpc) is 2.65. The van der Waals surface area contributed by atoms with Gasteiger partial charge >= 0.3 is 0 Å². The number of carbonyl (C=O) groups is 1. The van der Waals surface area contributed by atoms with Crippen LogP contribution < -0.4 is 19.1 Å². The first-order valence-electron chi connectivity index (χ1n) is 8.49. The Morgan fingerprint density at radius 1 is 1.14 bits per heavy atom. The van der Waals surface area contributed by atoms with E-state index in [1.54, 1.807) is 43.3 Å². The third-order valence-corrected chi connectivity index (χ3v) is 5.47. The van der Waals surface area contributed by atoms with E-state index in [1.165, 1.54) is 20.3 Å². The first kappa shape index (κ1) is 21.8. The molecule has 1 N–H and O–H groups in total. The van der Waals surface area contributed by atoms with Crippen LogP contribution in [-0.4, -0.2) is 40.8 Å². The summed E-state index contributed by atoms with van der Waals surface area (Å²) in [7, 11) is -0.921. The number of benzene rings is 2. The lowest BCUT2D eigenvalue weighted by Gasteiger charge is -2.31. The third-order valence-electron chi connectivity index (χ3n) is 4.07. The molecule has 28 heavy (non-hydrogen) atoms. The number of hydrogen-bond acceptors (Lipinski definition) is 5. The third kappa shape index (κ3) is 4.88. The van der Waals surface area contributed by atoms with Crippen molar-refractivity contribution in [3.8, 4) is 11.5 Å². The Balaban J connectivity index is 2.50. The minimum absolute atomic E-state index is 0.194. The van der Waals surface area contributed by atoms with Gasteiger partial charge in [-0.25, -0.2) is 8.42 Å². The predicted molar refractivity (Wildman–Crippen MR) is 111 cm³/mol. The fourth-order valence-corrected chi connectivity index (χ4v) is 4.21. The van der Waals surface area contributed by atoms with Crippen molar-refractivity contribution in [3.63, 3.8) is 0 Å². The van der Waals surface area contributed by atoms with E-state index in [0.29, 0.717) is 22.2 Å². The van der Waals surface area contributed by atoms with Gasteiger partial charge in [-0.1, -0.05) is 30.7 Å². The number of sulfonamides is 1. The number of anilines is 2. The SMILES string of the molecule is CC[C@@H](C(=O)Nc1ccccc1OC)N(c1cc(Cl)ccc1OC)S(C)(=O)=O. The molecule has 152 valence electrons. The molecule has 0 aromatic heterocycles. The second kappa shape index (κ2) is 9.16. The Labute approximate surface area is 170 Å². The molecule has 0 fully saturated rings. The summed E-state index contributed by atoms with van der Waals surface area (Å²) in [5, 5.41) is 3.07. The van der Waals surface area contributed by atoms with Crippen molar-refractivity contribution in [2.45, 2.75) is 19.4 Å². The number of para-hydroxylation sites is 2. The van der Waals surface area contributed by atoms with Crippen LogP contribution in [0.1, 0.15) is 13.3 Å². The van der Waals surface area contributed by atoms with E-state index >= 15 is 0 Å². The highest BCUT2D eigenvalue weighted by Crippen LogP contribution is 2.35. The topological polar surface area (TPSA) is 84.9 Å². The van der Waals surface area contributed by atoms with E-state index in [4.69, 9.17) is 21.1 Å². The van der Waals surface area contributed by atoms with E-state index in [0.717, 1.165) is 10.6 Å². The van der Waals surface area contributed by atoms with Crippen molar-refractivity contribution in [1.82, 2.24) is 0 Å². The molecule has 7 nitrogen and oxygen atoms in total. The van der Waals surface area contributed by atoms with Crippen LogP contribution in [0.4, 0.5) is 11.4 Å². The number of ether oxygens (including phenoxy) is 2. The lowest BCUT2D eigenvalue weighted by atomic mass is 10.1. The molecule has 2 rings (SSSR count). The largest absolute Gasteiger partial charge is 0.495 e. The fourth-order valence-electron chi connectivity index (χ4n) is 2.83. The number of rotatable bonds is 8. The predicted octanol–water partition coefficient (Wildman–Crippen LogP) is 3.54. The van der Waals surface area contributed by atoms with Crippen LogP contribution in [0.2, 0.25) is 5.02 Å². The van der Waals surface area contributed by atoms with Gasteiger partial charge in [0.1, 0.15) is 17.5 Å².